The van der Waals surface area contributed by atoms with Gasteiger partial charge in [0.15, 0.2) is 0 Å². The SMILES string of the molecule is C=C1C[C@@]2(CC)[C@@H](CC[C@@]2(O)/C=C\Br)[C@@H]2CCC3=CCCC[C@@H]3[C@@H]12. The molecule has 0 amide bonds. The van der Waals surface area contributed by atoms with Gasteiger partial charge in [0, 0.05) is 5.41 Å². The summed E-state index contributed by atoms with van der Waals surface area (Å²) in [5.41, 5.74) is 2.53. The van der Waals surface area contributed by atoms with Gasteiger partial charge in [0.2, 0.25) is 0 Å². The van der Waals surface area contributed by atoms with Crippen molar-refractivity contribution in [2.45, 2.75) is 70.3 Å². The third-order valence-corrected chi connectivity index (χ3v) is 8.44. The molecule has 4 rings (SSSR count). The van der Waals surface area contributed by atoms with Crippen LogP contribution >= 0.6 is 15.9 Å². The molecular formula is C22H31BrO. The summed E-state index contributed by atoms with van der Waals surface area (Å²) in [6, 6.07) is 0. The quantitative estimate of drug-likeness (QED) is 0.560. The summed E-state index contributed by atoms with van der Waals surface area (Å²) in [5, 5.41) is 11.5. The minimum atomic E-state index is -0.660. The Labute approximate surface area is 155 Å². The summed E-state index contributed by atoms with van der Waals surface area (Å²) in [6.07, 6.45) is 15.3. The molecule has 132 valence electrons. The fourth-order valence-corrected chi connectivity index (χ4v) is 7.65. The standard InChI is InChI=1S/C22H31BrO/c1-3-21-14-15(2)20-17-7-5-4-6-16(17)8-9-18(20)19(21)10-11-22(21,24)12-13-23/h6,12-13,17-20,24H,2-5,7-11,14H2,1H3/b13-12-/t17-,18-,19-,20+,21-,22+/m0/s1. The number of hydrogen-bond donors (Lipinski definition) is 1. The molecule has 0 saturated heterocycles. The maximum absolute atomic E-state index is 11.5. The lowest BCUT2D eigenvalue weighted by atomic mass is 9.48. The molecule has 0 bridgehead atoms. The van der Waals surface area contributed by atoms with E-state index >= 15 is 0 Å². The first-order valence-electron chi connectivity index (χ1n) is 9.93. The number of aliphatic hydroxyl groups is 1. The first kappa shape index (κ1) is 17.1. The third-order valence-electron chi connectivity index (χ3n) is 8.17. The van der Waals surface area contributed by atoms with Crippen molar-refractivity contribution in [1.82, 2.24) is 0 Å². The number of allylic oxidation sites excluding steroid dienone is 3. The summed E-state index contributed by atoms with van der Waals surface area (Å²) in [6.45, 7) is 6.88. The lowest BCUT2D eigenvalue weighted by Gasteiger charge is -2.57. The van der Waals surface area contributed by atoms with E-state index in [0.717, 1.165) is 31.1 Å². The van der Waals surface area contributed by atoms with Crippen LogP contribution in [0.3, 0.4) is 0 Å². The van der Waals surface area contributed by atoms with E-state index in [4.69, 9.17) is 0 Å². The molecule has 0 heterocycles. The van der Waals surface area contributed by atoms with Crippen molar-refractivity contribution in [3.05, 3.63) is 34.9 Å². The molecule has 2 heteroatoms. The van der Waals surface area contributed by atoms with E-state index in [9.17, 15) is 5.11 Å². The van der Waals surface area contributed by atoms with Crippen LogP contribution in [0.2, 0.25) is 0 Å². The normalized spacial score (nSPS) is 48.0. The molecule has 3 saturated carbocycles. The van der Waals surface area contributed by atoms with E-state index in [1.807, 2.05) is 11.1 Å². The van der Waals surface area contributed by atoms with Crippen molar-refractivity contribution in [3.63, 3.8) is 0 Å². The summed E-state index contributed by atoms with van der Waals surface area (Å²) >= 11 is 3.42. The summed E-state index contributed by atoms with van der Waals surface area (Å²) in [5.74, 6) is 2.85. The van der Waals surface area contributed by atoms with Gasteiger partial charge in [-0.2, -0.15) is 0 Å². The molecule has 0 aromatic rings. The second kappa shape index (κ2) is 6.13. The van der Waals surface area contributed by atoms with Gasteiger partial charge >= 0.3 is 0 Å². The van der Waals surface area contributed by atoms with Crippen LogP contribution in [0.25, 0.3) is 0 Å². The number of rotatable bonds is 2. The Hall–Kier alpha value is -0.340. The molecule has 0 spiro atoms. The zero-order valence-corrected chi connectivity index (χ0v) is 16.5. The van der Waals surface area contributed by atoms with E-state index in [2.05, 4.69) is 35.5 Å². The Bertz CT molecular complexity index is 591. The number of fused-ring (bicyclic) bond motifs is 5. The van der Waals surface area contributed by atoms with Gasteiger partial charge in [-0.3, -0.25) is 0 Å². The van der Waals surface area contributed by atoms with Crippen molar-refractivity contribution in [2.24, 2.45) is 29.1 Å². The highest BCUT2D eigenvalue weighted by Gasteiger charge is 2.63. The molecule has 6 atom stereocenters. The van der Waals surface area contributed by atoms with Crippen LogP contribution in [0.4, 0.5) is 0 Å². The maximum Gasteiger partial charge on any atom is 0.0897 e. The lowest BCUT2D eigenvalue weighted by molar-refractivity contribution is -0.0844. The van der Waals surface area contributed by atoms with E-state index in [1.54, 1.807) is 5.57 Å². The molecule has 1 N–H and O–H groups in total. The highest BCUT2D eigenvalue weighted by Crippen LogP contribution is 2.67. The summed E-state index contributed by atoms with van der Waals surface area (Å²) in [4.78, 5) is 1.88. The van der Waals surface area contributed by atoms with Gasteiger partial charge in [-0.05, 0) is 92.5 Å². The Kier molecular flexibility index (Phi) is 4.36. The number of halogens is 1. The largest absolute Gasteiger partial charge is 0.385 e. The molecular weight excluding hydrogens is 360 g/mol. The van der Waals surface area contributed by atoms with E-state index in [-0.39, 0.29) is 5.41 Å². The molecule has 0 radical (unpaired) electrons. The molecule has 4 aliphatic carbocycles. The van der Waals surface area contributed by atoms with Gasteiger partial charge in [0.1, 0.15) is 0 Å². The minimum absolute atomic E-state index is 0.00536. The van der Waals surface area contributed by atoms with Gasteiger partial charge in [0.05, 0.1) is 5.60 Å². The van der Waals surface area contributed by atoms with Gasteiger partial charge in [-0.15, -0.1) is 0 Å². The molecule has 0 aliphatic heterocycles. The van der Waals surface area contributed by atoms with Gasteiger partial charge < -0.3 is 5.11 Å². The van der Waals surface area contributed by atoms with Crippen molar-refractivity contribution in [3.8, 4) is 0 Å². The Morgan fingerprint density at radius 3 is 2.96 bits per heavy atom. The molecule has 24 heavy (non-hydrogen) atoms. The molecule has 0 aromatic heterocycles. The average Bonchev–Trinajstić information content (AvgIpc) is 2.88. The fraction of sp³-hybridized carbons (Fsp3) is 0.727. The minimum Gasteiger partial charge on any atom is -0.385 e. The van der Waals surface area contributed by atoms with Crippen LogP contribution in [-0.2, 0) is 0 Å². The van der Waals surface area contributed by atoms with Crippen LogP contribution in [0.5, 0.6) is 0 Å². The zero-order chi connectivity index (χ0) is 16.9. The van der Waals surface area contributed by atoms with Gasteiger partial charge in [-0.1, -0.05) is 46.7 Å². The Morgan fingerprint density at radius 2 is 2.21 bits per heavy atom. The zero-order valence-electron chi connectivity index (χ0n) is 14.9. The summed E-state index contributed by atoms with van der Waals surface area (Å²) < 4.78 is 0. The van der Waals surface area contributed by atoms with Crippen LogP contribution < -0.4 is 0 Å². The Morgan fingerprint density at radius 1 is 1.38 bits per heavy atom. The molecule has 3 fully saturated rings. The molecule has 0 unspecified atom stereocenters. The fourth-order valence-electron chi connectivity index (χ4n) is 7.21. The van der Waals surface area contributed by atoms with Gasteiger partial charge in [0.25, 0.3) is 0 Å². The van der Waals surface area contributed by atoms with Crippen LogP contribution in [0.1, 0.15) is 64.7 Å². The Balaban J connectivity index is 1.73. The van der Waals surface area contributed by atoms with E-state index in [1.165, 1.54) is 44.1 Å². The third kappa shape index (κ3) is 2.21. The smallest absolute Gasteiger partial charge is 0.0897 e. The average molecular weight is 391 g/mol. The topological polar surface area (TPSA) is 20.2 Å². The van der Waals surface area contributed by atoms with Crippen molar-refractivity contribution >= 4 is 15.9 Å². The van der Waals surface area contributed by atoms with Gasteiger partial charge in [-0.25, -0.2) is 0 Å². The monoisotopic (exact) mass is 390 g/mol. The van der Waals surface area contributed by atoms with Crippen molar-refractivity contribution in [1.29, 1.82) is 0 Å². The first-order chi connectivity index (χ1) is 11.6. The predicted octanol–water partition coefficient (Wildman–Crippen LogP) is 6.15. The van der Waals surface area contributed by atoms with Crippen LogP contribution in [0.15, 0.2) is 34.9 Å². The number of hydrogen-bond acceptors (Lipinski definition) is 1. The second-order valence-electron chi connectivity index (χ2n) is 8.75. The van der Waals surface area contributed by atoms with Crippen molar-refractivity contribution in [2.75, 3.05) is 0 Å². The van der Waals surface area contributed by atoms with E-state index in [0.29, 0.717) is 11.8 Å². The molecule has 1 nitrogen and oxygen atoms in total. The first-order valence-corrected chi connectivity index (χ1v) is 10.8. The predicted molar refractivity (Wildman–Crippen MR) is 104 cm³/mol. The van der Waals surface area contributed by atoms with Crippen LogP contribution in [-0.4, -0.2) is 10.7 Å². The molecule has 0 aromatic carbocycles. The summed E-state index contributed by atoms with van der Waals surface area (Å²) in [7, 11) is 0. The molecule has 4 aliphatic rings. The highest BCUT2D eigenvalue weighted by atomic mass is 79.9. The van der Waals surface area contributed by atoms with E-state index < -0.39 is 5.60 Å². The second-order valence-corrected chi connectivity index (χ2v) is 9.28. The highest BCUT2D eigenvalue weighted by molar-refractivity contribution is 9.11. The van der Waals surface area contributed by atoms with Crippen LogP contribution in [0, 0.1) is 29.1 Å². The maximum atomic E-state index is 11.5. The van der Waals surface area contributed by atoms with Crippen molar-refractivity contribution < 1.29 is 5.11 Å². The lowest BCUT2D eigenvalue weighted by Crippen LogP contribution is -2.53.